The zero-order valence-electron chi connectivity index (χ0n) is 15.0. The Morgan fingerprint density at radius 2 is 1.96 bits per heavy atom. The van der Waals surface area contributed by atoms with Crippen LogP contribution in [0.25, 0.3) is 0 Å². The Labute approximate surface area is 148 Å². The number of benzene rings is 1. The summed E-state index contributed by atoms with van der Waals surface area (Å²) < 4.78 is 1.69. The highest BCUT2D eigenvalue weighted by Crippen LogP contribution is 2.20. The second-order valence-electron chi connectivity index (χ2n) is 6.23. The monoisotopic (exact) mass is 345 g/mol. The van der Waals surface area contributed by atoms with Gasteiger partial charge in [-0.05, 0) is 36.5 Å². The molecule has 0 spiro atoms. The molecule has 1 unspecified atom stereocenters. The van der Waals surface area contributed by atoms with Crippen LogP contribution in [-0.4, -0.2) is 28.1 Å². The Bertz CT molecular complexity index is 698. The average Bonchev–Trinajstić information content (AvgIpc) is 2.58. The van der Waals surface area contributed by atoms with E-state index in [-0.39, 0.29) is 17.5 Å². The molecule has 0 bridgehead atoms. The average molecular weight is 346 g/mol. The van der Waals surface area contributed by atoms with Crippen LogP contribution in [0.1, 0.15) is 49.2 Å². The fourth-order valence-electron chi connectivity index (χ4n) is 2.71. The van der Waals surface area contributed by atoms with Crippen molar-refractivity contribution in [1.82, 2.24) is 14.9 Å². The van der Waals surface area contributed by atoms with Crippen molar-refractivity contribution in [2.75, 3.05) is 18.6 Å². The molecular weight excluding hydrogens is 318 g/mol. The van der Waals surface area contributed by atoms with Gasteiger partial charge in [0, 0.05) is 18.8 Å². The normalized spacial score (nSPS) is 12.5. The van der Waals surface area contributed by atoms with Crippen molar-refractivity contribution in [3.05, 3.63) is 63.8 Å². The summed E-state index contributed by atoms with van der Waals surface area (Å²) in [7, 11) is 1.82. The van der Waals surface area contributed by atoms with E-state index < -0.39 is 0 Å². The minimum Gasteiger partial charge on any atom is -0.304 e. The number of nitrogens with zero attached hydrogens (tertiary/aromatic N) is 2. The van der Waals surface area contributed by atoms with Crippen LogP contribution in [0.15, 0.2) is 41.3 Å². The molecule has 1 aromatic heterocycles. The van der Waals surface area contributed by atoms with E-state index in [4.69, 9.17) is 0 Å². The standard InChI is InChI=1S/C19H27N3OS/c1-14(2)16-13-21-18(22(3)19(16)23)17(20-11-8-12-24-4)15-9-6-5-7-10-15/h5-7,9-10,13-14,17,20H,8,11-12H2,1-4H3. The molecule has 1 atom stereocenters. The summed E-state index contributed by atoms with van der Waals surface area (Å²) >= 11 is 1.84. The van der Waals surface area contributed by atoms with Gasteiger partial charge in [0.2, 0.25) is 0 Å². The lowest BCUT2D eigenvalue weighted by atomic mass is 10.0. The molecule has 1 aromatic carbocycles. The van der Waals surface area contributed by atoms with E-state index in [1.54, 1.807) is 10.8 Å². The van der Waals surface area contributed by atoms with Gasteiger partial charge < -0.3 is 5.32 Å². The van der Waals surface area contributed by atoms with E-state index in [0.717, 1.165) is 35.7 Å². The first-order valence-electron chi connectivity index (χ1n) is 8.39. The van der Waals surface area contributed by atoms with Crippen LogP contribution < -0.4 is 10.9 Å². The number of hydrogen-bond donors (Lipinski definition) is 1. The minimum atomic E-state index is -0.0769. The molecule has 2 rings (SSSR count). The molecule has 0 saturated heterocycles. The highest BCUT2D eigenvalue weighted by atomic mass is 32.2. The first-order chi connectivity index (χ1) is 11.6. The van der Waals surface area contributed by atoms with Gasteiger partial charge in [-0.2, -0.15) is 11.8 Å². The molecule has 4 nitrogen and oxygen atoms in total. The van der Waals surface area contributed by atoms with Crippen molar-refractivity contribution in [3.8, 4) is 0 Å². The van der Waals surface area contributed by atoms with Crippen molar-refractivity contribution in [1.29, 1.82) is 0 Å². The van der Waals surface area contributed by atoms with Crippen LogP contribution in [0, 0.1) is 0 Å². The molecule has 130 valence electrons. The molecule has 0 saturated carbocycles. The second-order valence-corrected chi connectivity index (χ2v) is 7.22. The third kappa shape index (κ3) is 4.48. The quantitative estimate of drug-likeness (QED) is 0.746. The van der Waals surface area contributed by atoms with Crippen LogP contribution in [0.5, 0.6) is 0 Å². The van der Waals surface area contributed by atoms with Crippen molar-refractivity contribution in [2.24, 2.45) is 7.05 Å². The van der Waals surface area contributed by atoms with Gasteiger partial charge in [0.05, 0.1) is 6.04 Å². The van der Waals surface area contributed by atoms with E-state index in [2.05, 4.69) is 28.7 Å². The number of aromatic nitrogens is 2. The van der Waals surface area contributed by atoms with Crippen LogP contribution in [0.3, 0.4) is 0 Å². The predicted molar refractivity (Wildman–Crippen MR) is 103 cm³/mol. The summed E-state index contributed by atoms with van der Waals surface area (Å²) in [5.74, 6) is 2.06. The van der Waals surface area contributed by atoms with Gasteiger partial charge >= 0.3 is 0 Å². The van der Waals surface area contributed by atoms with E-state index in [0.29, 0.717) is 0 Å². The van der Waals surface area contributed by atoms with Gasteiger partial charge in [-0.3, -0.25) is 9.36 Å². The molecule has 1 heterocycles. The Balaban J connectivity index is 2.37. The van der Waals surface area contributed by atoms with E-state index in [9.17, 15) is 4.79 Å². The third-order valence-corrected chi connectivity index (χ3v) is 4.81. The van der Waals surface area contributed by atoms with Gasteiger partial charge in [0.1, 0.15) is 5.82 Å². The van der Waals surface area contributed by atoms with Gasteiger partial charge in [-0.15, -0.1) is 0 Å². The van der Waals surface area contributed by atoms with E-state index >= 15 is 0 Å². The van der Waals surface area contributed by atoms with Gasteiger partial charge in [0.15, 0.2) is 0 Å². The van der Waals surface area contributed by atoms with Crippen molar-refractivity contribution < 1.29 is 0 Å². The van der Waals surface area contributed by atoms with Crippen LogP contribution in [0.4, 0.5) is 0 Å². The highest BCUT2D eigenvalue weighted by molar-refractivity contribution is 7.98. The Kier molecular flexibility index (Phi) is 7.06. The smallest absolute Gasteiger partial charge is 0.256 e. The maximum absolute atomic E-state index is 12.6. The Morgan fingerprint density at radius 3 is 2.58 bits per heavy atom. The fourth-order valence-corrected chi connectivity index (χ4v) is 3.14. The van der Waals surface area contributed by atoms with Crippen molar-refractivity contribution >= 4 is 11.8 Å². The molecule has 0 aliphatic carbocycles. The molecule has 0 amide bonds. The summed E-state index contributed by atoms with van der Waals surface area (Å²) in [6.45, 7) is 4.93. The van der Waals surface area contributed by atoms with Gasteiger partial charge in [0.25, 0.3) is 5.56 Å². The van der Waals surface area contributed by atoms with Crippen LogP contribution in [-0.2, 0) is 7.05 Å². The summed E-state index contributed by atoms with van der Waals surface area (Å²) in [4.78, 5) is 17.3. The molecule has 0 aliphatic heterocycles. The number of hydrogen-bond acceptors (Lipinski definition) is 4. The van der Waals surface area contributed by atoms with Crippen LogP contribution >= 0.6 is 11.8 Å². The Hall–Kier alpha value is -1.59. The van der Waals surface area contributed by atoms with Gasteiger partial charge in [-0.1, -0.05) is 44.2 Å². The summed E-state index contributed by atoms with van der Waals surface area (Å²) in [6, 6.07) is 10.1. The molecule has 2 aromatic rings. The molecule has 1 N–H and O–H groups in total. The number of nitrogens with one attached hydrogen (secondary N) is 1. The first-order valence-corrected chi connectivity index (χ1v) is 9.78. The topological polar surface area (TPSA) is 46.9 Å². The predicted octanol–water partition coefficient (Wildman–Crippen LogP) is 3.34. The molecular formula is C19H27N3OS. The van der Waals surface area contributed by atoms with E-state index in [1.807, 2.05) is 50.9 Å². The van der Waals surface area contributed by atoms with Crippen LogP contribution in [0.2, 0.25) is 0 Å². The van der Waals surface area contributed by atoms with Crippen molar-refractivity contribution in [3.63, 3.8) is 0 Å². The lowest BCUT2D eigenvalue weighted by Crippen LogP contribution is -2.33. The highest BCUT2D eigenvalue weighted by Gasteiger charge is 2.20. The number of rotatable bonds is 8. The number of thioether (sulfide) groups is 1. The summed E-state index contributed by atoms with van der Waals surface area (Å²) in [5, 5.41) is 3.57. The van der Waals surface area contributed by atoms with Crippen molar-refractivity contribution in [2.45, 2.75) is 32.2 Å². The molecule has 0 fully saturated rings. The molecule has 0 radical (unpaired) electrons. The fraction of sp³-hybridized carbons (Fsp3) is 0.474. The zero-order valence-corrected chi connectivity index (χ0v) is 15.8. The van der Waals surface area contributed by atoms with Gasteiger partial charge in [-0.25, -0.2) is 4.98 Å². The summed E-state index contributed by atoms with van der Waals surface area (Å²) in [5.41, 5.74) is 1.93. The minimum absolute atomic E-state index is 0.0434. The SMILES string of the molecule is CSCCCNC(c1ccccc1)c1ncc(C(C)C)c(=O)n1C. The summed E-state index contributed by atoms with van der Waals surface area (Å²) in [6.07, 6.45) is 4.94. The second kappa shape index (κ2) is 9.04. The Morgan fingerprint density at radius 1 is 1.25 bits per heavy atom. The lowest BCUT2D eigenvalue weighted by Gasteiger charge is -2.22. The maximum Gasteiger partial charge on any atom is 0.256 e. The molecule has 5 heteroatoms. The zero-order chi connectivity index (χ0) is 17.5. The first kappa shape index (κ1) is 18.7. The van der Waals surface area contributed by atoms with E-state index in [1.165, 1.54) is 0 Å². The maximum atomic E-state index is 12.6. The third-order valence-electron chi connectivity index (χ3n) is 4.12. The molecule has 24 heavy (non-hydrogen) atoms. The molecule has 0 aliphatic rings. The lowest BCUT2D eigenvalue weighted by molar-refractivity contribution is 0.538. The largest absolute Gasteiger partial charge is 0.304 e.